The van der Waals surface area contributed by atoms with Crippen molar-refractivity contribution in [3.63, 3.8) is 0 Å². The largest absolute Gasteiger partial charge is 0.452 e. The zero-order chi connectivity index (χ0) is 20.8. The molecule has 1 aliphatic rings. The number of hydrogen-bond acceptors (Lipinski definition) is 5. The van der Waals surface area contributed by atoms with Gasteiger partial charge in [0.25, 0.3) is 5.91 Å². The Hall–Kier alpha value is -2.90. The van der Waals surface area contributed by atoms with Gasteiger partial charge in [-0.05, 0) is 38.8 Å². The molecule has 0 aromatic heterocycles. The summed E-state index contributed by atoms with van der Waals surface area (Å²) in [5.74, 6) is -2.16. The molecule has 28 heavy (non-hydrogen) atoms. The number of urea groups is 1. The number of benzene rings is 1. The molecule has 0 unspecified atom stereocenters. The first-order valence-corrected chi connectivity index (χ1v) is 9.43. The number of hydrogen-bond donors (Lipinski definition) is 2. The molecule has 2 rings (SSSR count). The van der Waals surface area contributed by atoms with E-state index in [1.807, 2.05) is 31.2 Å². The first-order chi connectivity index (χ1) is 13.2. The Morgan fingerprint density at radius 3 is 2.54 bits per heavy atom. The summed E-state index contributed by atoms with van der Waals surface area (Å²) < 4.78 is 5.18. The summed E-state index contributed by atoms with van der Waals surface area (Å²) in [4.78, 5) is 50.0. The van der Waals surface area contributed by atoms with E-state index in [0.29, 0.717) is 0 Å². The molecule has 0 aliphatic carbocycles. The highest BCUT2D eigenvalue weighted by molar-refractivity contribution is 6.01. The molecule has 0 spiro atoms. The van der Waals surface area contributed by atoms with Gasteiger partial charge in [0, 0.05) is 24.7 Å². The Bertz CT molecular complexity index is 762. The van der Waals surface area contributed by atoms with Crippen molar-refractivity contribution in [2.75, 3.05) is 11.4 Å². The highest BCUT2D eigenvalue weighted by Crippen LogP contribution is 2.29. The SMILES string of the molecule is CCc1ccccc1N1C[C@@H](C(=O)O[C@H](C)C(=O)NC(=O)NC(C)C)CC1=O. The molecule has 8 heteroatoms. The molecule has 8 nitrogen and oxygen atoms in total. The third-order valence-corrected chi connectivity index (χ3v) is 4.44. The number of para-hydroxylation sites is 1. The lowest BCUT2D eigenvalue weighted by Crippen LogP contribution is -2.47. The average Bonchev–Trinajstić information content (AvgIpc) is 3.02. The van der Waals surface area contributed by atoms with Crippen LogP contribution in [0.4, 0.5) is 10.5 Å². The van der Waals surface area contributed by atoms with Crippen LogP contribution >= 0.6 is 0 Å². The Morgan fingerprint density at radius 2 is 1.89 bits per heavy atom. The maximum Gasteiger partial charge on any atom is 0.321 e. The molecule has 0 bridgehead atoms. The van der Waals surface area contributed by atoms with Crippen molar-refractivity contribution in [2.24, 2.45) is 5.92 Å². The van der Waals surface area contributed by atoms with Gasteiger partial charge < -0.3 is 15.0 Å². The van der Waals surface area contributed by atoms with Crippen molar-refractivity contribution in [3.8, 4) is 0 Å². The summed E-state index contributed by atoms with van der Waals surface area (Å²) in [5, 5.41) is 4.64. The van der Waals surface area contributed by atoms with Crippen LogP contribution in [0.5, 0.6) is 0 Å². The predicted molar refractivity (Wildman–Crippen MR) is 104 cm³/mol. The number of rotatable bonds is 6. The van der Waals surface area contributed by atoms with Crippen LogP contribution in [0, 0.1) is 5.92 Å². The summed E-state index contributed by atoms with van der Waals surface area (Å²) >= 11 is 0. The van der Waals surface area contributed by atoms with Crippen molar-refractivity contribution >= 4 is 29.5 Å². The molecule has 1 aromatic rings. The van der Waals surface area contributed by atoms with E-state index in [1.165, 1.54) is 6.92 Å². The minimum atomic E-state index is -1.14. The zero-order valence-electron chi connectivity index (χ0n) is 16.7. The molecule has 1 saturated heterocycles. The predicted octanol–water partition coefficient (Wildman–Crippen LogP) is 1.77. The van der Waals surface area contributed by atoms with Crippen molar-refractivity contribution < 1.29 is 23.9 Å². The topological polar surface area (TPSA) is 105 Å². The number of ether oxygens (including phenoxy) is 1. The van der Waals surface area contributed by atoms with E-state index in [4.69, 9.17) is 4.74 Å². The van der Waals surface area contributed by atoms with Crippen LogP contribution in [-0.2, 0) is 25.5 Å². The molecule has 152 valence electrons. The van der Waals surface area contributed by atoms with Crippen LogP contribution in [0.1, 0.15) is 39.7 Å². The van der Waals surface area contributed by atoms with Gasteiger partial charge in [-0.2, -0.15) is 0 Å². The molecule has 2 N–H and O–H groups in total. The Morgan fingerprint density at radius 1 is 1.21 bits per heavy atom. The van der Waals surface area contributed by atoms with Crippen molar-refractivity contribution in [3.05, 3.63) is 29.8 Å². The van der Waals surface area contributed by atoms with Gasteiger partial charge in [-0.15, -0.1) is 0 Å². The molecule has 4 amide bonds. The summed E-state index contributed by atoms with van der Waals surface area (Å²) in [7, 11) is 0. The van der Waals surface area contributed by atoms with Gasteiger partial charge >= 0.3 is 12.0 Å². The third kappa shape index (κ3) is 5.31. The summed E-state index contributed by atoms with van der Waals surface area (Å²) in [5.41, 5.74) is 1.82. The number of esters is 1. The third-order valence-electron chi connectivity index (χ3n) is 4.44. The van der Waals surface area contributed by atoms with E-state index in [1.54, 1.807) is 18.7 Å². The second-order valence-electron chi connectivity index (χ2n) is 7.08. The minimum absolute atomic E-state index is 0.0268. The van der Waals surface area contributed by atoms with Crippen molar-refractivity contribution in [1.29, 1.82) is 0 Å². The first-order valence-electron chi connectivity index (χ1n) is 9.43. The maximum absolute atomic E-state index is 12.4. The van der Waals surface area contributed by atoms with Crippen molar-refractivity contribution in [1.82, 2.24) is 10.6 Å². The van der Waals surface area contributed by atoms with Gasteiger partial charge in [-0.25, -0.2) is 4.79 Å². The normalized spacial score (nSPS) is 17.4. The second-order valence-corrected chi connectivity index (χ2v) is 7.08. The number of carbonyl (C=O) groups is 4. The van der Waals surface area contributed by atoms with Crippen LogP contribution < -0.4 is 15.5 Å². The van der Waals surface area contributed by atoms with Crippen molar-refractivity contribution in [2.45, 2.75) is 52.7 Å². The summed E-state index contributed by atoms with van der Waals surface area (Å²) in [6.07, 6.45) is -0.346. The van der Waals surface area contributed by atoms with Crippen LogP contribution in [0.2, 0.25) is 0 Å². The second kappa shape index (κ2) is 9.34. The van der Waals surface area contributed by atoms with E-state index in [2.05, 4.69) is 10.6 Å². The molecule has 1 aromatic carbocycles. The number of aryl methyl sites for hydroxylation is 1. The van der Waals surface area contributed by atoms with E-state index < -0.39 is 29.9 Å². The van der Waals surface area contributed by atoms with E-state index in [0.717, 1.165) is 17.7 Å². The summed E-state index contributed by atoms with van der Waals surface area (Å²) in [6, 6.07) is 6.77. The van der Waals surface area contributed by atoms with Crippen LogP contribution in [0.25, 0.3) is 0 Å². The Balaban J connectivity index is 1.95. The fourth-order valence-corrected chi connectivity index (χ4v) is 3.01. The molecule has 1 aliphatic heterocycles. The fourth-order valence-electron chi connectivity index (χ4n) is 3.01. The van der Waals surface area contributed by atoms with Gasteiger partial charge in [-0.1, -0.05) is 25.1 Å². The number of imide groups is 1. The first kappa shape index (κ1) is 21.4. The Kier molecular flexibility index (Phi) is 7.14. The molecule has 0 saturated carbocycles. The Labute approximate surface area is 164 Å². The maximum atomic E-state index is 12.4. The van der Waals surface area contributed by atoms with Gasteiger partial charge in [0.1, 0.15) is 0 Å². The van der Waals surface area contributed by atoms with Crippen LogP contribution in [0.15, 0.2) is 24.3 Å². The monoisotopic (exact) mass is 389 g/mol. The van der Waals surface area contributed by atoms with Gasteiger partial charge in [0.2, 0.25) is 5.91 Å². The lowest BCUT2D eigenvalue weighted by Gasteiger charge is -2.20. The van der Waals surface area contributed by atoms with E-state index >= 15 is 0 Å². The highest BCUT2D eigenvalue weighted by atomic mass is 16.5. The fraction of sp³-hybridized carbons (Fsp3) is 0.500. The van der Waals surface area contributed by atoms with Gasteiger partial charge in [0.05, 0.1) is 5.92 Å². The number of anilines is 1. The number of nitrogens with zero attached hydrogens (tertiary/aromatic N) is 1. The standard InChI is InChI=1S/C20H27N3O5/c1-5-14-8-6-7-9-16(14)23-11-15(10-17(23)24)19(26)28-13(4)18(25)22-20(27)21-12(2)3/h6-9,12-13,15H,5,10-11H2,1-4H3,(H2,21,22,25,27)/t13-,15+/m1/s1. The quantitative estimate of drug-likeness (QED) is 0.722. The van der Waals surface area contributed by atoms with Crippen LogP contribution in [-0.4, -0.2) is 42.5 Å². The lowest BCUT2D eigenvalue weighted by molar-refractivity contribution is -0.158. The molecule has 2 atom stereocenters. The number of carbonyl (C=O) groups excluding carboxylic acids is 4. The minimum Gasteiger partial charge on any atom is -0.452 e. The smallest absolute Gasteiger partial charge is 0.321 e. The molecule has 0 radical (unpaired) electrons. The molecular weight excluding hydrogens is 362 g/mol. The molecule has 1 fully saturated rings. The summed E-state index contributed by atoms with van der Waals surface area (Å²) in [6.45, 7) is 7.11. The van der Waals surface area contributed by atoms with Gasteiger partial charge in [-0.3, -0.25) is 19.7 Å². The highest BCUT2D eigenvalue weighted by Gasteiger charge is 2.38. The van der Waals surface area contributed by atoms with Crippen LogP contribution in [0.3, 0.4) is 0 Å². The van der Waals surface area contributed by atoms with E-state index in [9.17, 15) is 19.2 Å². The molecular formula is C20H27N3O5. The number of amides is 4. The molecule has 1 heterocycles. The van der Waals surface area contributed by atoms with E-state index in [-0.39, 0.29) is 24.9 Å². The van der Waals surface area contributed by atoms with Gasteiger partial charge in [0.15, 0.2) is 6.10 Å². The number of nitrogens with one attached hydrogen (secondary N) is 2. The zero-order valence-corrected chi connectivity index (χ0v) is 16.7. The lowest BCUT2D eigenvalue weighted by atomic mass is 10.1. The average molecular weight is 389 g/mol.